The highest BCUT2D eigenvalue weighted by atomic mass is 32.2. The number of ether oxygens (including phenoxy) is 1. The molecule has 1 N–H and O–H groups in total. The highest BCUT2D eigenvalue weighted by Crippen LogP contribution is 2.12. The van der Waals surface area contributed by atoms with Gasteiger partial charge in [0.25, 0.3) is 0 Å². The molecule has 0 atom stereocenters. The van der Waals surface area contributed by atoms with Gasteiger partial charge < -0.3 is 4.74 Å². The number of carbonyl (C=O) groups is 1. The van der Waals surface area contributed by atoms with Crippen LogP contribution in [0.5, 0.6) is 0 Å². The Kier molecular flexibility index (Phi) is 5.33. The summed E-state index contributed by atoms with van der Waals surface area (Å²) in [7, 11) is -3.63. The monoisotopic (exact) mass is 282 g/mol. The van der Waals surface area contributed by atoms with Crippen LogP contribution in [0.1, 0.15) is 18.9 Å². The van der Waals surface area contributed by atoms with Crippen molar-refractivity contribution in [3.63, 3.8) is 0 Å². The molecule has 0 unspecified atom stereocenters. The van der Waals surface area contributed by atoms with Crippen LogP contribution in [0.25, 0.3) is 0 Å². The molecule has 0 aliphatic carbocycles. The van der Waals surface area contributed by atoms with E-state index in [1.807, 2.05) is 6.07 Å². The maximum Gasteiger partial charge on any atom is 0.306 e. The minimum Gasteiger partial charge on any atom is -0.466 e. The van der Waals surface area contributed by atoms with E-state index in [9.17, 15) is 13.2 Å². The average molecular weight is 282 g/mol. The largest absolute Gasteiger partial charge is 0.466 e. The lowest BCUT2D eigenvalue weighted by molar-refractivity contribution is -0.142. The van der Waals surface area contributed by atoms with Crippen molar-refractivity contribution in [1.29, 1.82) is 5.26 Å². The zero-order chi connectivity index (χ0) is 14.3. The molecule has 0 saturated heterocycles. The second-order valence-corrected chi connectivity index (χ2v) is 5.51. The number of nitrogens with zero attached hydrogens (tertiary/aromatic N) is 1. The Morgan fingerprint density at radius 2 is 2.21 bits per heavy atom. The van der Waals surface area contributed by atoms with Crippen molar-refractivity contribution >= 4 is 21.7 Å². The number of benzene rings is 1. The third kappa shape index (κ3) is 5.40. The number of hydrogen-bond donors (Lipinski definition) is 1. The van der Waals surface area contributed by atoms with Gasteiger partial charge in [-0.15, -0.1) is 0 Å². The lowest BCUT2D eigenvalue weighted by atomic mass is 10.2. The molecule has 0 aromatic heterocycles. The van der Waals surface area contributed by atoms with Gasteiger partial charge in [-0.3, -0.25) is 9.52 Å². The molecule has 1 aromatic rings. The highest BCUT2D eigenvalue weighted by Gasteiger charge is 2.14. The Labute approximate surface area is 112 Å². The number of anilines is 1. The minimum absolute atomic E-state index is 0.207. The molecule has 102 valence electrons. The first-order valence-electron chi connectivity index (χ1n) is 5.63. The lowest BCUT2D eigenvalue weighted by Gasteiger charge is -2.07. The Morgan fingerprint density at radius 3 is 2.84 bits per heavy atom. The van der Waals surface area contributed by atoms with Crippen LogP contribution in [0.15, 0.2) is 24.3 Å². The van der Waals surface area contributed by atoms with Gasteiger partial charge in [0.15, 0.2) is 0 Å². The molecule has 0 fully saturated rings. The summed E-state index contributed by atoms with van der Waals surface area (Å²) >= 11 is 0. The third-order valence-electron chi connectivity index (χ3n) is 2.15. The molecule has 0 aliphatic rings. The molecule has 0 saturated carbocycles. The number of nitriles is 1. The van der Waals surface area contributed by atoms with Crippen molar-refractivity contribution in [1.82, 2.24) is 0 Å². The number of esters is 1. The Morgan fingerprint density at radius 1 is 1.47 bits per heavy atom. The van der Waals surface area contributed by atoms with Crippen LogP contribution in [0.3, 0.4) is 0 Å². The van der Waals surface area contributed by atoms with Gasteiger partial charge in [-0.05, 0) is 25.1 Å². The number of nitrogens with one attached hydrogen (secondary N) is 1. The normalized spacial score (nSPS) is 10.5. The zero-order valence-corrected chi connectivity index (χ0v) is 11.2. The van der Waals surface area contributed by atoms with Gasteiger partial charge >= 0.3 is 5.97 Å². The summed E-state index contributed by atoms with van der Waals surface area (Å²) in [5, 5.41) is 8.71. The quantitative estimate of drug-likeness (QED) is 0.792. The van der Waals surface area contributed by atoms with Crippen molar-refractivity contribution in [3.05, 3.63) is 29.8 Å². The number of hydrogen-bond acceptors (Lipinski definition) is 5. The second-order valence-electron chi connectivity index (χ2n) is 3.67. The molecule has 0 heterocycles. The Hall–Kier alpha value is -2.07. The molecule has 1 rings (SSSR count). The summed E-state index contributed by atoms with van der Waals surface area (Å²) in [5.74, 6) is -0.915. The summed E-state index contributed by atoms with van der Waals surface area (Å²) in [6.07, 6.45) is -0.207. The van der Waals surface area contributed by atoms with Gasteiger partial charge in [0, 0.05) is 5.69 Å². The Bertz CT molecular complexity index is 590. The van der Waals surface area contributed by atoms with E-state index in [1.54, 1.807) is 19.1 Å². The van der Waals surface area contributed by atoms with Crippen molar-refractivity contribution in [2.24, 2.45) is 0 Å². The predicted molar refractivity (Wildman–Crippen MR) is 69.8 cm³/mol. The predicted octanol–water partition coefficient (Wildman–Crippen LogP) is 1.25. The van der Waals surface area contributed by atoms with Crippen LogP contribution in [0.2, 0.25) is 0 Å². The van der Waals surface area contributed by atoms with E-state index in [0.29, 0.717) is 11.3 Å². The average Bonchev–Trinajstić information content (AvgIpc) is 2.37. The van der Waals surface area contributed by atoms with E-state index >= 15 is 0 Å². The lowest BCUT2D eigenvalue weighted by Crippen LogP contribution is -2.20. The van der Waals surface area contributed by atoms with Gasteiger partial charge in [-0.25, -0.2) is 8.42 Å². The van der Waals surface area contributed by atoms with Crippen LogP contribution in [0, 0.1) is 11.3 Å². The van der Waals surface area contributed by atoms with E-state index in [-0.39, 0.29) is 18.8 Å². The summed E-state index contributed by atoms with van der Waals surface area (Å²) in [5.41, 5.74) is 0.647. The molecule has 19 heavy (non-hydrogen) atoms. The number of sulfonamides is 1. The minimum atomic E-state index is -3.63. The fraction of sp³-hybridized carbons (Fsp3) is 0.333. The second kappa shape index (κ2) is 6.75. The SMILES string of the molecule is CCOC(=O)CCS(=O)(=O)Nc1cccc(C#N)c1. The summed E-state index contributed by atoms with van der Waals surface area (Å²) in [6, 6.07) is 8.00. The van der Waals surface area contributed by atoms with E-state index in [0.717, 1.165) is 0 Å². The van der Waals surface area contributed by atoms with Gasteiger partial charge in [-0.1, -0.05) is 6.07 Å². The van der Waals surface area contributed by atoms with Crippen LogP contribution < -0.4 is 4.72 Å². The molecule has 1 aromatic carbocycles. The molecule has 0 aliphatic heterocycles. The maximum absolute atomic E-state index is 11.7. The zero-order valence-electron chi connectivity index (χ0n) is 10.4. The third-order valence-corrected chi connectivity index (χ3v) is 3.43. The number of rotatable bonds is 6. The van der Waals surface area contributed by atoms with E-state index < -0.39 is 16.0 Å². The van der Waals surface area contributed by atoms with E-state index in [4.69, 9.17) is 5.26 Å². The fourth-order valence-corrected chi connectivity index (χ4v) is 2.36. The van der Waals surface area contributed by atoms with E-state index in [2.05, 4.69) is 9.46 Å². The summed E-state index contributed by atoms with van der Waals surface area (Å²) in [6.45, 7) is 1.87. The summed E-state index contributed by atoms with van der Waals surface area (Å²) < 4.78 is 30.4. The first-order valence-corrected chi connectivity index (χ1v) is 7.28. The highest BCUT2D eigenvalue weighted by molar-refractivity contribution is 7.92. The van der Waals surface area contributed by atoms with Crippen molar-refractivity contribution in [2.75, 3.05) is 17.1 Å². The van der Waals surface area contributed by atoms with Crippen molar-refractivity contribution in [3.8, 4) is 6.07 Å². The molecular weight excluding hydrogens is 268 g/mol. The Balaban J connectivity index is 2.64. The van der Waals surface area contributed by atoms with Crippen LogP contribution in [-0.2, 0) is 19.6 Å². The van der Waals surface area contributed by atoms with Crippen LogP contribution >= 0.6 is 0 Å². The summed E-state index contributed by atoms with van der Waals surface area (Å²) in [4.78, 5) is 11.1. The van der Waals surface area contributed by atoms with Gasteiger partial charge in [0.05, 0.1) is 30.4 Å². The van der Waals surface area contributed by atoms with Gasteiger partial charge in [0.1, 0.15) is 0 Å². The standard InChI is InChI=1S/C12H14N2O4S/c1-2-18-12(15)6-7-19(16,17)14-11-5-3-4-10(8-11)9-13/h3-5,8,14H,2,6-7H2,1H3. The van der Waals surface area contributed by atoms with Crippen molar-refractivity contribution < 1.29 is 17.9 Å². The molecule has 7 heteroatoms. The first-order chi connectivity index (χ1) is 8.96. The molecule has 0 radical (unpaired) electrons. The molecule has 6 nitrogen and oxygen atoms in total. The fourth-order valence-electron chi connectivity index (χ4n) is 1.33. The molecule has 0 bridgehead atoms. The smallest absolute Gasteiger partial charge is 0.306 e. The first kappa shape index (κ1) is 15.0. The maximum atomic E-state index is 11.7. The van der Waals surface area contributed by atoms with Gasteiger partial charge in [0.2, 0.25) is 10.0 Å². The van der Waals surface area contributed by atoms with Gasteiger partial charge in [-0.2, -0.15) is 5.26 Å². The molecule has 0 amide bonds. The van der Waals surface area contributed by atoms with Crippen LogP contribution in [0.4, 0.5) is 5.69 Å². The van der Waals surface area contributed by atoms with Crippen LogP contribution in [-0.4, -0.2) is 26.7 Å². The molecular formula is C12H14N2O4S. The van der Waals surface area contributed by atoms with E-state index in [1.165, 1.54) is 12.1 Å². The number of carbonyl (C=O) groups excluding carboxylic acids is 1. The topological polar surface area (TPSA) is 96.3 Å². The van der Waals surface area contributed by atoms with Crippen molar-refractivity contribution in [2.45, 2.75) is 13.3 Å². The molecule has 0 spiro atoms.